The van der Waals surface area contributed by atoms with Crippen LogP contribution < -0.4 is 15.4 Å². The second-order valence-corrected chi connectivity index (χ2v) is 7.48. The Bertz CT molecular complexity index is 983. The molecule has 30 heavy (non-hydrogen) atoms. The fraction of sp³-hybridized carbons (Fsp3) is 0.143. The van der Waals surface area contributed by atoms with Crippen molar-refractivity contribution in [2.45, 2.75) is 17.4 Å². The number of aromatic nitrogens is 2. The summed E-state index contributed by atoms with van der Waals surface area (Å²) in [5.74, 6) is 0.503. The molecule has 0 spiro atoms. The maximum absolute atomic E-state index is 11.3. The molecule has 1 atom stereocenters. The summed E-state index contributed by atoms with van der Waals surface area (Å²) < 4.78 is 5.61. The SMILES string of the molecule is CSc1ccc(C(CC(=O)O)NC(=S)Nc2ccc(Oc3ccccc3)nn2)cc1. The second kappa shape index (κ2) is 10.6. The highest BCUT2D eigenvalue weighted by molar-refractivity contribution is 7.98. The Hall–Kier alpha value is -3.17. The van der Waals surface area contributed by atoms with Gasteiger partial charge in [-0.25, -0.2) is 0 Å². The van der Waals surface area contributed by atoms with Gasteiger partial charge in [0, 0.05) is 11.0 Å². The van der Waals surface area contributed by atoms with Crippen molar-refractivity contribution in [3.8, 4) is 11.6 Å². The van der Waals surface area contributed by atoms with E-state index in [1.165, 1.54) is 0 Å². The molecule has 7 nitrogen and oxygen atoms in total. The number of thioether (sulfide) groups is 1. The molecule has 3 aromatic rings. The van der Waals surface area contributed by atoms with Gasteiger partial charge < -0.3 is 20.5 Å². The number of hydrogen-bond donors (Lipinski definition) is 3. The Labute approximate surface area is 183 Å². The van der Waals surface area contributed by atoms with Crippen molar-refractivity contribution in [3.05, 3.63) is 72.3 Å². The van der Waals surface area contributed by atoms with E-state index in [1.54, 1.807) is 23.9 Å². The third-order valence-electron chi connectivity index (χ3n) is 4.05. The van der Waals surface area contributed by atoms with E-state index in [9.17, 15) is 9.90 Å². The molecule has 0 amide bonds. The summed E-state index contributed by atoms with van der Waals surface area (Å²) in [4.78, 5) is 12.4. The van der Waals surface area contributed by atoms with Crippen molar-refractivity contribution in [1.29, 1.82) is 0 Å². The first-order valence-electron chi connectivity index (χ1n) is 9.03. The summed E-state index contributed by atoms with van der Waals surface area (Å²) in [7, 11) is 0. The molecule has 2 aromatic carbocycles. The first-order chi connectivity index (χ1) is 14.5. The van der Waals surface area contributed by atoms with Crippen LogP contribution in [-0.2, 0) is 4.79 Å². The minimum Gasteiger partial charge on any atom is -0.481 e. The smallest absolute Gasteiger partial charge is 0.305 e. The van der Waals surface area contributed by atoms with Gasteiger partial charge in [-0.15, -0.1) is 22.0 Å². The lowest BCUT2D eigenvalue weighted by atomic mass is 10.0. The van der Waals surface area contributed by atoms with Crippen molar-refractivity contribution in [1.82, 2.24) is 15.5 Å². The normalized spacial score (nSPS) is 11.4. The van der Waals surface area contributed by atoms with E-state index in [1.807, 2.05) is 60.9 Å². The number of hydrogen-bond acceptors (Lipinski definition) is 6. The van der Waals surface area contributed by atoms with Gasteiger partial charge in [-0.1, -0.05) is 30.3 Å². The van der Waals surface area contributed by atoms with Crippen molar-refractivity contribution in [2.24, 2.45) is 0 Å². The zero-order valence-electron chi connectivity index (χ0n) is 16.1. The fourth-order valence-electron chi connectivity index (χ4n) is 2.62. The van der Waals surface area contributed by atoms with Gasteiger partial charge in [0.05, 0.1) is 12.5 Å². The number of nitrogens with one attached hydrogen (secondary N) is 2. The molecular formula is C21H20N4O3S2. The lowest BCUT2D eigenvalue weighted by Crippen LogP contribution is -2.33. The van der Waals surface area contributed by atoms with E-state index in [2.05, 4.69) is 20.8 Å². The zero-order valence-corrected chi connectivity index (χ0v) is 17.7. The van der Waals surface area contributed by atoms with E-state index in [-0.39, 0.29) is 11.5 Å². The highest BCUT2D eigenvalue weighted by Crippen LogP contribution is 2.22. The lowest BCUT2D eigenvalue weighted by molar-refractivity contribution is -0.137. The van der Waals surface area contributed by atoms with Crippen LogP contribution in [0.5, 0.6) is 11.6 Å². The van der Waals surface area contributed by atoms with E-state index in [4.69, 9.17) is 17.0 Å². The molecule has 0 saturated carbocycles. The molecule has 0 bridgehead atoms. The topological polar surface area (TPSA) is 96.4 Å². The number of anilines is 1. The molecule has 0 aliphatic carbocycles. The maximum Gasteiger partial charge on any atom is 0.305 e. The highest BCUT2D eigenvalue weighted by Gasteiger charge is 2.17. The van der Waals surface area contributed by atoms with Gasteiger partial charge >= 0.3 is 5.97 Å². The number of thiocarbonyl (C=S) groups is 1. The third-order valence-corrected chi connectivity index (χ3v) is 5.01. The minimum absolute atomic E-state index is 0.115. The van der Waals surface area contributed by atoms with E-state index < -0.39 is 12.0 Å². The zero-order chi connectivity index (χ0) is 21.3. The Morgan fingerprint density at radius 3 is 2.43 bits per heavy atom. The summed E-state index contributed by atoms with van der Waals surface area (Å²) in [6.45, 7) is 0. The van der Waals surface area contributed by atoms with Gasteiger partial charge in [-0.05, 0) is 54.4 Å². The number of carboxylic acid groups (broad SMARTS) is 1. The van der Waals surface area contributed by atoms with Crippen LogP contribution in [0.2, 0.25) is 0 Å². The number of benzene rings is 2. The number of para-hydroxylation sites is 1. The second-order valence-electron chi connectivity index (χ2n) is 6.19. The monoisotopic (exact) mass is 440 g/mol. The number of aliphatic carboxylic acids is 1. The summed E-state index contributed by atoms with van der Waals surface area (Å²) in [6.07, 6.45) is 1.87. The average Bonchev–Trinajstić information content (AvgIpc) is 2.75. The number of carbonyl (C=O) groups is 1. The summed E-state index contributed by atoms with van der Waals surface area (Å²) in [6, 6.07) is 19.8. The van der Waals surface area contributed by atoms with Crippen LogP contribution in [0.4, 0.5) is 5.82 Å². The van der Waals surface area contributed by atoms with E-state index in [0.717, 1.165) is 10.5 Å². The summed E-state index contributed by atoms with van der Waals surface area (Å²) in [5, 5.41) is 23.5. The molecule has 3 N–H and O–H groups in total. The van der Waals surface area contributed by atoms with Crippen LogP contribution in [0.1, 0.15) is 18.0 Å². The molecule has 0 fully saturated rings. The number of carboxylic acids is 1. The minimum atomic E-state index is -0.925. The molecule has 1 heterocycles. The molecule has 0 radical (unpaired) electrons. The van der Waals surface area contributed by atoms with Crippen molar-refractivity contribution in [2.75, 3.05) is 11.6 Å². The van der Waals surface area contributed by atoms with Gasteiger partial charge in [0.1, 0.15) is 5.75 Å². The van der Waals surface area contributed by atoms with E-state index in [0.29, 0.717) is 17.4 Å². The van der Waals surface area contributed by atoms with Gasteiger partial charge in [-0.3, -0.25) is 4.79 Å². The molecule has 1 aromatic heterocycles. The maximum atomic E-state index is 11.3. The lowest BCUT2D eigenvalue weighted by Gasteiger charge is -2.20. The molecule has 154 valence electrons. The van der Waals surface area contributed by atoms with Crippen LogP contribution in [0.3, 0.4) is 0 Å². The van der Waals surface area contributed by atoms with Gasteiger partial charge in [-0.2, -0.15) is 0 Å². The molecule has 0 aliphatic rings. The first-order valence-corrected chi connectivity index (χ1v) is 10.7. The standard InChI is InChI=1S/C21H20N4O3S2/c1-30-16-9-7-14(8-10-16)17(13-20(26)27)22-21(29)23-18-11-12-19(25-24-18)28-15-5-3-2-4-6-15/h2-12,17H,13H2,1H3,(H,26,27)(H2,22,23,24,29). The molecule has 0 saturated heterocycles. The van der Waals surface area contributed by atoms with Crippen LogP contribution >= 0.6 is 24.0 Å². The molecule has 9 heteroatoms. The Balaban J connectivity index is 1.62. The molecule has 3 rings (SSSR count). The summed E-state index contributed by atoms with van der Waals surface area (Å²) >= 11 is 6.95. The van der Waals surface area contributed by atoms with Gasteiger partial charge in [0.2, 0.25) is 5.88 Å². The van der Waals surface area contributed by atoms with Crippen molar-refractivity contribution in [3.63, 3.8) is 0 Å². The van der Waals surface area contributed by atoms with Gasteiger partial charge in [0.15, 0.2) is 10.9 Å². The predicted octanol–water partition coefficient (Wildman–Crippen LogP) is 4.49. The highest BCUT2D eigenvalue weighted by atomic mass is 32.2. The Morgan fingerprint density at radius 1 is 1.10 bits per heavy atom. The van der Waals surface area contributed by atoms with Gasteiger partial charge in [0.25, 0.3) is 0 Å². The van der Waals surface area contributed by atoms with Crippen LogP contribution in [0.25, 0.3) is 0 Å². The van der Waals surface area contributed by atoms with Crippen LogP contribution in [-0.4, -0.2) is 32.6 Å². The van der Waals surface area contributed by atoms with Crippen LogP contribution in [0, 0.1) is 0 Å². The largest absolute Gasteiger partial charge is 0.481 e. The third kappa shape index (κ3) is 6.43. The number of nitrogens with zero attached hydrogens (tertiary/aromatic N) is 2. The van der Waals surface area contributed by atoms with E-state index >= 15 is 0 Å². The molecule has 0 aliphatic heterocycles. The number of rotatable bonds is 8. The average molecular weight is 441 g/mol. The summed E-state index contributed by atoms with van der Waals surface area (Å²) in [5.41, 5.74) is 0.831. The molecule has 1 unspecified atom stereocenters. The number of ether oxygens (including phenoxy) is 1. The quantitative estimate of drug-likeness (QED) is 0.346. The fourth-order valence-corrected chi connectivity index (χ4v) is 3.28. The van der Waals surface area contributed by atoms with Crippen molar-refractivity contribution < 1.29 is 14.6 Å². The Morgan fingerprint density at radius 2 is 1.83 bits per heavy atom. The van der Waals surface area contributed by atoms with Crippen molar-refractivity contribution >= 4 is 40.9 Å². The van der Waals surface area contributed by atoms with Crippen LogP contribution in [0.15, 0.2) is 71.6 Å². The first kappa shape index (κ1) is 21.5. The molecular weight excluding hydrogens is 420 g/mol. The Kier molecular flexibility index (Phi) is 7.58. The predicted molar refractivity (Wildman–Crippen MR) is 121 cm³/mol.